The number of aliphatic carboxylic acids is 3. The summed E-state index contributed by atoms with van der Waals surface area (Å²) in [7, 11) is 0. The van der Waals surface area contributed by atoms with Crippen molar-refractivity contribution in [3.8, 4) is 17.2 Å². The van der Waals surface area contributed by atoms with Crippen LogP contribution in [-0.4, -0.2) is 63.4 Å². The molecule has 0 saturated heterocycles. The topological polar surface area (TPSA) is 256 Å². The van der Waals surface area contributed by atoms with Crippen molar-refractivity contribution in [1.82, 2.24) is 5.32 Å². The van der Waals surface area contributed by atoms with Gasteiger partial charge in [-0.2, -0.15) is 0 Å². The van der Waals surface area contributed by atoms with Crippen molar-refractivity contribution in [2.45, 2.75) is 66.8 Å². The summed E-state index contributed by atoms with van der Waals surface area (Å²) in [4.78, 5) is 77.6. The number of amides is 4. The first-order valence-corrected chi connectivity index (χ1v) is 28.0. The first-order valence-electron chi connectivity index (χ1n) is 23.3. The molecule has 0 spiro atoms. The molecule has 6 aromatic carbocycles. The summed E-state index contributed by atoms with van der Waals surface area (Å²) in [6.07, 6.45) is 0.0780. The van der Waals surface area contributed by atoms with Gasteiger partial charge in [-0.25, -0.2) is 13.2 Å². The Balaban J connectivity index is 0.000000265. The fourth-order valence-electron chi connectivity index (χ4n) is 7.00. The van der Waals surface area contributed by atoms with Gasteiger partial charge >= 0.3 is 17.9 Å². The fraction of sp³-hybridized carbons (Fsp3) is 0.204. The lowest BCUT2D eigenvalue weighted by Gasteiger charge is -2.14. The summed E-state index contributed by atoms with van der Waals surface area (Å²) in [5, 5.41) is 36.5. The molecule has 0 radical (unpaired) electrons. The molecule has 0 saturated carbocycles. The zero-order chi connectivity index (χ0) is 61.3. The number of carboxylic acids is 3. The Morgan fingerprint density at radius 3 is 1.28 bits per heavy atom. The monoisotopic (exact) mass is 1470 g/mol. The van der Waals surface area contributed by atoms with E-state index in [4.69, 9.17) is 75.9 Å². The van der Waals surface area contributed by atoms with Crippen molar-refractivity contribution < 1.29 is 76.3 Å². The fourth-order valence-corrected chi connectivity index (χ4v) is 11.1. The Labute approximate surface area is 520 Å². The summed E-state index contributed by atoms with van der Waals surface area (Å²) in [6.45, 7) is 4.59. The lowest BCUT2D eigenvalue weighted by atomic mass is 10.1. The Kier molecular flexibility index (Phi) is 26.7. The Morgan fingerprint density at radius 2 is 0.890 bits per heavy atom. The van der Waals surface area contributed by atoms with Crippen molar-refractivity contribution in [3.05, 3.63) is 167 Å². The number of nitrogens with one attached hydrogen (secondary N) is 4. The molecule has 0 atom stereocenters. The van der Waals surface area contributed by atoms with Crippen LogP contribution in [0.2, 0.25) is 20.1 Å². The predicted molar refractivity (Wildman–Crippen MR) is 317 cm³/mol. The number of ether oxygens (including phenoxy) is 3. The van der Waals surface area contributed by atoms with E-state index in [9.17, 15) is 46.7 Å². The van der Waals surface area contributed by atoms with Crippen LogP contribution in [0.3, 0.4) is 0 Å². The van der Waals surface area contributed by atoms with Crippen LogP contribution in [-0.2, 0) is 61.4 Å². The van der Waals surface area contributed by atoms with Crippen LogP contribution >= 0.6 is 110 Å². The maximum atomic E-state index is 14.6. The van der Waals surface area contributed by atoms with Crippen LogP contribution in [0.1, 0.15) is 70.9 Å². The van der Waals surface area contributed by atoms with E-state index in [1.54, 1.807) is 43.3 Å². The van der Waals surface area contributed by atoms with Crippen LogP contribution in [0.4, 0.5) is 30.2 Å². The van der Waals surface area contributed by atoms with Crippen molar-refractivity contribution in [1.29, 1.82) is 0 Å². The average molecular weight is 1480 g/mol. The van der Waals surface area contributed by atoms with Gasteiger partial charge in [0, 0.05) is 59.5 Å². The SMILES string of the molecule is CC(=O)Nc1cc(C)cc(COc2c(Br)cc(CC(=O)O)cc2Br)c1F.CC(=O)Nc1cc(Cl)cc(COc2c(Br)cc(C(=O)NCC(=O)O)cc2Br)c1F.CC(=O)Nc1cc(Cl)cc(COc2c(Cl)cc(CCC(=O)O)cc2Cl)c1F. The minimum absolute atomic E-state index is 0.0599. The van der Waals surface area contributed by atoms with Crippen LogP contribution in [0.5, 0.6) is 17.2 Å². The van der Waals surface area contributed by atoms with Gasteiger partial charge < -0.3 is 50.8 Å². The van der Waals surface area contributed by atoms with Gasteiger partial charge in [-0.05, 0) is 167 Å². The maximum Gasteiger partial charge on any atom is 0.322 e. The standard InChI is InChI=1S/C18H14Br2ClFN2O5.C18H16Br2FNO4.C18H15Cl3FNO4/c1-8(25)24-14-5-11(21)2-10(16(14)22)7-29-17-12(19)3-9(4-13(17)20)18(28)23-6-15(26)27;1-9-3-12(17(21)15(4-9)22-10(2)23)8-26-18-13(19)5-11(6-14(18)20)7-16(24)25;1-9(24)23-15-7-12(19)6-11(17(15)22)8-27-18-13(20)4-10(5-14(18)21)2-3-16(25)26/h2-5H,6-7H2,1H3,(H,23,28)(H,24,25)(H,26,27);3-6H,7-8H2,1-2H3,(H,22,23)(H,24,25);4-7H,2-3,8H2,1H3,(H,23,24)(H,25,26). The highest BCUT2D eigenvalue weighted by Crippen LogP contribution is 2.39. The van der Waals surface area contributed by atoms with Crippen molar-refractivity contribution >= 4 is 169 Å². The first-order chi connectivity index (χ1) is 38.4. The quantitative estimate of drug-likeness (QED) is 0.0376. The second-order valence-corrected chi connectivity index (χ2v) is 22.2. The molecule has 0 aliphatic carbocycles. The van der Waals surface area contributed by atoms with E-state index in [0.717, 1.165) is 5.56 Å². The van der Waals surface area contributed by atoms with Gasteiger partial charge in [0.05, 0.1) is 51.4 Å². The van der Waals surface area contributed by atoms with Gasteiger partial charge in [-0.3, -0.25) is 33.6 Å². The van der Waals surface area contributed by atoms with E-state index < -0.39 is 59.6 Å². The highest BCUT2D eigenvalue weighted by molar-refractivity contribution is 9.11. The largest absolute Gasteiger partial charge is 0.486 e. The van der Waals surface area contributed by atoms with Crippen molar-refractivity contribution in [2.75, 3.05) is 22.5 Å². The van der Waals surface area contributed by atoms with Gasteiger partial charge in [0.25, 0.3) is 5.91 Å². The summed E-state index contributed by atoms with van der Waals surface area (Å²) in [6, 6.07) is 17.8. The van der Waals surface area contributed by atoms with E-state index in [-0.39, 0.29) is 105 Å². The molecule has 0 aliphatic rings. The van der Waals surface area contributed by atoms with Crippen LogP contribution in [0.25, 0.3) is 0 Å². The third-order valence-corrected chi connectivity index (χ3v) is 13.7. The second kappa shape index (κ2) is 32.1. The van der Waals surface area contributed by atoms with Gasteiger partial charge in [0.1, 0.15) is 37.9 Å². The molecular weight excluding hydrogens is 1430 g/mol. The number of carboxylic acid groups (broad SMARTS) is 3. The van der Waals surface area contributed by atoms with Crippen LogP contribution in [0, 0.1) is 24.4 Å². The summed E-state index contributed by atoms with van der Waals surface area (Å²) in [5.74, 6) is -5.92. The lowest BCUT2D eigenvalue weighted by molar-refractivity contribution is -0.137. The van der Waals surface area contributed by atoms with Gasteiger partial charge in [-0.15, -0.1) is 0 Å². The minimum atomic E-state index is -1.17. The first kappa shape index (κ1) is 68.4. The molecule has 6 aromatic rings. The van der Waals surface area contributed by atoms with Gasteiger partial charge in [0.15, 0.2) is 23.2 Å². The van der Waals surface area contributed by atoms with Crippen LogP contribution < -0.4 is 35.5 Å². The zero-order valence-electron chi connectivity index (χ0n) is 43.0. The normalized spacial score (nSPS) is 10.5. The Bertz CT molecular complexity index is 3390. The molecule has 0 aliphatic heterocycles. The lowest BCUT2D eigenvalue weighted by Crippen LogP contribution is -2.29. The number of carbonyl (C=O) groups excluding carboxylic acids is 4. The van der Waals surface area contributed by atoms with Crippen molar-refractivity contribution in [2.24, 2.45) is 0 Å². The molecule has 0 fully saturated rings. The van der Waals surface area contributed by atoms with E-state index >= 15 is 0 Å². The predicted octanol–water partition coefficient (Wildman–Crippen LogP) is 14.5. The molecule has 0 bridgehead atoms. The summed E-state index contributed by atoms with van der Waals surface area (Å²) >= 11 is 37.5. The highest BCUT2D eigenvalue weighted by atomic mass is 79.9. The van der Waals surface area contributed by atoms with E-state index in [1.807, 2.05) is 0 Å². The smallest absolute Gasteiger partial charge is 0.322 e. The zero-order valence-corrected chi connectivity index (χ0v) is 52.3. The minimum Gasteiger partial charge on any atom is -0.486 e. The average Bonchev–Trinajstić information content (AvgIpc) is 3.48. The Hall–Kier alpha value is -6.12. The second-order valence-electron chi connectivity index (χ2n) is 17.1. The number of hydrogen-bond acceptors (Lipinski definition) is 10. The third-order valence-electron chi connectivity index (χ3n) is 10.3. The van der Waals surface area contributed by atoms with E-state index in [0.29, 0.717) is 46.1 Å². The molecule has 17 nitrogen and oxygen atoms in total. The van der Waals surface area contributed by atoms with Crippen LogP contribution in [0.15, 0.2) is 90.7 Å². The number of aryl methyl sites for hydroxylation is 2. The van der Waals surface area contributed by atoms with E-state index in [1.165, 1.54) is 57.2 Å². The number of benzene rings is 6. The molecule has 436 valence electrons. The number of halogens is 11. The number of rotatable bonds is 20. The molecule has 4 amide bonds. The summed E-state index contributed by atoms with van der Waals surface area (Å²) < 4.78 is 62.4. The third kappa shape index (κ3) is 21.6. The molecule has 0 heterocycles. The molecule has 28 heteroatoms. The Morgan fingerprint density at radius 1 is 0.500 bits per heavy atom. The van der Waals surface area contributed by atoms with Gasteiger partial charge in [-0.1, -0.05) is 46.4 Å². The van der Waals surface area contributed by atoms with E-state index in [2.05, 4.69) is 85.0 Å². The highest BCUT2D eigenvalue weighted by Gasteiger charge is 2.20. The molecule has 82 heavy (non-hydrogen) atoms. The maximum absolute atomic E-state index is 14.6. The number of carbonyl (C=O) groups is 7. The number of hydrogen-bond donors (Lipinski definition) is 7. The van der Waals surface area contributed by atoms with Crippen molar-refractivity contribution in [3.63, 3.8) is 0 Å². The number of anilines is 3. The molecule has 6 rings (SSSR count). The molecular formula is C54H45Br4Cl4F3N4O13. The molecule has 7 N–H and O–H groups in total. The summed E-state index contributed by atoms with van der Waals surface area (Å²) in [5.41, 5.74) is 2.70. The molecule has 0 aromatic heterocycles. The molecule has 0 unspecified atom stereocenters. The van der Waals surface area contributed by atoms with Gasteiger partial charge in [0.2, 0.25) is 17.7 Å².